The Morgan fingerprint density at radius 3 is 2.71 bits per heavy atom. The third-order valence-electron chi connectivity index (χ3n) is 2.80. The molecule has 0 saturated carbocycles. The summed E-state index contributed by atoms with van der Waals surface area (Å²) in [4.78, 5) is 22.5. The number of benzene rings is 2. The van der Waals surface area contributed by atoms with Gasteiger partial charge in [-0.05, 0) is 34.1 Å². The minimum atomic E-state index is -0.475. The molecule has 7 heteroatoms. The second-order valence-corrected chi connectivity index (χ2v) is 5.48. The van der Waals surface area contributed by atoms with Crippen molar-refractivity contribution in [2.75, 3.05) is 0 Å². The maximum absolute atomic E-state index is 12.1. The largest absolute Gasteiger partial charge is 0.348 e. The van der Waals surface area contributed by atoms with Gasteiger partial charge >= 0.3 is 0 Å². The molecule has 0 aromatic heterocycles. The van der Waals surface area contributed by atoms with Gasteiger partial charge in [-0.2, -0.15) is 0 Å². The van der Waals surface area contributed by atoms with Crippen molar-refractivity contribution in [2.24, 2.45) is 0 Å². The molecule has 2 rings (SSSR count). The minimum absolute atomic E-state index is 0.0250. The van der Waals surface area contributed by atoms with Gasteiger partial charge in [-0.3, -0.25) is 14.9 Å². The van der Waals surface area contributed by atoms with Crippen LogP contribution in [0.3, 0.4) is 0 Å². The number of amides is 1. The number of rotatable bonds is 4. The number of hydrogen-bond donors (Lipinski definition) is 1. The Morgan fingerprint density at radius 2 is 2.00 bits per heavy atom. The van der Waals surface area contributed by atoms with Crippen LogP contribution >= 0.6 is 27.5 Å². The molecule has 5 nitrogen and oxygen atoms in total. The van der Waals surface area contributed by atoms with E-state index in [0.29, 0.717) is 20.6 Å². The molecule has 0 aliphatic heterocycles. The lowest BCUT2D eigenvalue weighted by Gasteiger charge is -2.08. The first kappa shape index (κ1) is 15.5. The smallest absolute Gasteiger partial charge is 0.274 e. The topological polar surface area (TPSA) is 72.2 Å². The zero-order valence-electron chi connectivity index (χ0n) is 10.7. The average molecular weight is 370 g/mol. The lowest BCUT2D eigenvalue weighted by molar-refractivity contribution is -0.385. The normalized spacial score (nSPS) is 10.2. The van der Waals surface area contributed by atoms with E-state index in [9.17, 15) is 14.9 Å². The van der Waals surface area contributed by atoms with Crippen molar-refractivity contribution < 1.29 is 9.72 Å². The van der Waals surface area contributed by atoms with Crippen molar-refractivity contribution in [1.82, 2.24) is 5.32 Å². The number of carbonyl (C=O) groups excluding carboxylic acids is 1. The lowest BCUT2D eigenvalue weighted by atomic mass is 10.1. The van der Waals surface area contributed by atoms with Crippen LogP contribution in [0.15, 0.2) is 46.9 Å². The van der Waals surface area contributed by atoms with E-state index in [4.69, 9.17) is 11.6 Å². The van der Waals surface area contributed by atoms with Crippen LogP contribution in [-0.2, 0) is 6.54 Å². The highest BCUT2D eigenvalue weighted by molar-refractivity contribution is 9.10. The zero-order valence-corrected chi connectivity index (χ0v) is 13.0. The quantitative estimate of drug-likeness (QED) is 0.655. The summed E-state index contributed by atoms with van der Waals surface area (Å²) in [5, 5.41) is 14.0. The Labute approximate surface area is 134 Å². The van der Waals surface area contributed by atoms with Crippen LogP contribution in [0.1, 0.15) is 15.9 Å². The van der Waals surface area contributed by atoms with E-state index in [1.54, 1.807) is 30.3 Å². The standard InChI is InChI=1S/C14H10BrClN2O3/c15-12-6-5-10(16)7-11(12)14(19)17-8-9-3-1-2-4-13(9)18(20)21/h1-7H,8H2,(H,17,19). The number of nitro benzene ring substituents is 1. The Morgan fingerprint density at radius 1 is 1.29 bits per heavy atom. The highest BCUT2D eigenvalue weighted by Gasteiger charge is 2.15. The first-order chi connectivity index (χ1) is 9.99. The summed E-state index contributed by atoms with van der Waals surface area (Å²) in [5.74, 6) is -0.359. The van der Waals surface area contributed by atoms with Crippen LogP contribution < -0.4 is 5.32 Å². The monoisotopic (exact) mass is 368 g/mol. The van der Waals surface area contributed by atoms with Crippen molar-refractivity contribution in [2.45, 2.75) is 6.54 Å². The fraction of sp³-hybridized carbons (Fsp3) is 0.0714. The van der Waals surface area contributed by atoms with Gasteiger partial charge in [0.1, 0.15) is 0 Å². The maximum atomic E-state index is 12.1. The molecule has 0 aliphatic rings. The molecule has 0 unspecified atom stereocenters. The molecule has 2 aromatic rings. The highest BCUT2D eigenvalue weighted by atomic mass is 79.9. The third kappa shape index (κ3) is 3.80. The zero-order chi connectivity index (χ0) is 15.4. The van der Waals surface area contributed by atoms with Gasteiger partial charge in [-0.15, -0.1) is 0 Å². The summed E-state index contributed by atoms with van der Waals surface area (Å²) in [7, 11) is 0. The lowest BCUT2D eigenvalue weighted by Crippen LogP contribution is -2.23. The summed E-state index contributed by atoms with van der Waals surface area (Å²) in [6.45, 7) is 0.0644. The molecule has 0 aliphatic carbocycles. The number of nitro groups is 1. The van der Waals surface area contributed by atoms with E-state index in [1.807, 2.05) is 0 Å². The van der Waals surface area contributed by atoms with Gasteiger partial charge in [0, 0.05) is 27.7 Å². The maximum Gasteiger partial charge on any atom is 0.274 e. The first-order valence-electron chi connectivity index (χ1n) is 5.94. The number of hydrogen-bond acceptors (Lipinski definition) is 3. The van der Waals surface area contributed by atoms with Gasteiger partial charge in [0.05, 0.1) is 10.5 Å². The number of para-hydroxylation sites is 1. The van der Waals surface area contributed by atoms with Crippen LogP contribution in [0.5, 0.6) is 0 Å². The van der Waals surface area contributed by atoms with Gasteiger partial charge in [0.15, 0.2) is 0 Å². The second kappa shape index (κ2) is 6.69. The van der Waals surface area contributed by atoms with Crippen molar-refractivity contribution >= 4 is 39.1 Å². The van der Waals surface area contributed by atoms with E-state index in [0.717, 1.165) is 0 Å². The van der Waals surface area contributed by atoms with Crippen molar-refractivity contribution in [3.05, 3.63) is 73.2 Å². The first-order valence-corrected chi connectivity index (χ1v) is 7.11. The predicted octanol–water partition coefficient (Wildman–Crippen LogP) is 3.94. The molecule has 0 saturated heterocycles. The fourth-order valence-electron chi connectivity index (χ4n) is 1.78. The molecule has 0 bridgehead atoms. The molecule has 0 spiro atoms. The molecule has 0 atom stereocenters. The van der Waals surface area contributed by atoms with Gasteiger partial charge in [-0.25, -0.2) is 0 Å². The Bertz CT molecular complexity index is 706. The van der Waals surface area contributed by atoms with Gasteiger partial charge < -0.3 is 5.32 Å². The van der Waals surface area contributed by atoms with E-state index < -0.39 is 4.92 Å². The number of carbonyl (C=O) groups is 1. The summed E-state index contributed by atoms with van der Waals surface area (Å²) in [6.07, 6.45) is 0. The van der Waals surface area contributed by atoms with Gasteiger partial charge in [0.25, 0.3) is 11.6 Å². The summed E-state index contributed by atoms with van der Waals surface area (Å²) in [6, 6.07) is 11.1. The summed E-state index contributed by atoms with van der Waals surface area (Å²) < 4.78 is 0.604. The summed E-state index contributed by atoms with van der Waals surface area (Å²) >= 11 is 9.12. The van der Waals surface area contributed by atoms with Gasteiger partial charge in [-0.1, -0.05) is 29.8 Å². The van der Waals surface area contributed by atoms with Crippen molar-refractivity contribution in [3.8, 4) is 0 Å². The Kier molecular flexibility index (Phi) is 4.93. The van der Waals surface area contributed by atoms with Crippen LogP contribution in [0.4, 0.5) is 5.69 Å². The molecule has 0 heterocycles. The fourth-order valence-corrected chi connectivity index (χ4v) is 2.38. The van der Waals surface area contributed by atoms with Crippen LogP contribution in [0.2, 0.25) is 5.02 Å². The van der Waals surface area contributed by atoms with E-state index in [2.05, 4.69) is 21.2 Å². The molecule has 108 valence electrons. The molecular weight excluding hydrogens is 360 g/mol. The Balaban J connectivity index is 2.15. The van der Waals surface area contributed by atoms with Crippen molar-refractivity contribution in [1.29, 1.82) is 0 Å². The van der Waals surface area contributed by atoms with E-state index in [-0.39, 0.29) is 18.1 Å². The van der Waals surface area contributed by atoms with E-state index >= 15 is 0 Å². The van der Waals surface area contributed by atoms with Crippen LogP contribution in [0.25, 0.3) is 0 Å². The highest BCUT2D eigenvalue weighted by Crippen LogP contribution is 2.22. The van der Waals surface area contributed by atoms with Gasteiger partial charge in [0.2, 0.25) is 0 Å². The molecule has 1 N–H and O–H groups in total. The number of halogens is 2. The molecule has 21 heavy (non-hydrogen) atoms. The molecular formula is C14H10BrClN2O3. The predicted molar refractivity (Wildman–Crippen MR) is 83.4 cm³/mol. The van der Waals surface area contributed by atoms with Crippen LogP contribution in [-0.4, -0.2) is 10.8 Å². The average Bonchev–Trinajstić information content (AvgIpc) is 2.47. The molecule has 0 radical (unpaired) electrons. The summed E-state index contributed by atoms with van der Waals surface area (Å²) in [5.41, 5.74) is 0.790. The van der Waals surface area contributed by atoms with E-state index in [1.165, 1.54) is 12.1 Å². The molecule has 1 amide bonds. The number of nitrogens with one attached hydrogen (secondary N) is 1. The minimum Gasteiger partial charge on any atom is -0.348 e. The molecule has 0 fully saturated rings. The number of nitrogens with zero attached hydrogens (tertiary/aromatic N) is 1. The molecule has 2 aromatic carbocycles. The SMILES string of the molecule is O=C(NCc1ccccc1[N+](=O)[O-])c1cc(Cl)ccc1Br. The van der Waals surface area contributed by atoms with Crippen LogP contribution in [0, 0.1) is 10.1 Å². The Hall–Kier alpha value is -1.92. The third-order valence-corrected chi connectivity index (χ3v) is 3.73. The second-order valence-electron chi connectivity index (χ2n) is 4.19. The van der Waals surface area contributed by atoms with Crippen molar-refractivity contribution in [3.63, 3.8) is 0 Å².